The van der Waals surface area contributed by atoms with Gasteiger partial charge in [-0.25, -0.2) is 0 Å². The minimum atomic E-state index is -0.161. The van der Waals surface area contributed by atoms with Crippen molar-refractivity contribution in [3.8, 4) is 0 Å². The van der Waals surface area contributed by atoms with E-state index in [1.165, 1.54) is 6.92 Å². The number of rotatable bonds is 3. The van der Waals surface area contributed by atoms with E-state index in [0.717, 1.165) is 4.47 Å². The lowest BCUT2D eigenvalue weighted by atomic mass is 10.1. The van der Waals surface area contributed by atoms with Crippen LogP contribution in [0, 0.1) is 0 Å². The SMILES string of the molecule is CC(=O)CC(=O)c1cc(Br)ccc1Br. The fourth-order valence-electron chi connectivity index (χ4n) is 1.03. The van der Waals surface area contributed by atoms with Gasteiger partial charge in [-0.1, -0.05) is 31.9 Å². The smallest absolute Gasteiger partial charge is 0.171 e. The van der Waals surface area contributed by atoms with Gasteiger partial charge in [-0.3, -0.25) is 9.59 Å². The van der Waals surface area contributed by atoms with Crippen LogP contribution < -0.4 is 0 Å². The molecule has 0 aromatic heterocycles. The second kappa shape index (κ2) is 4.84. The Hall–Kier alpha value is -0.480. The molecular formula is C10H8Br2O2. The number of carbonyl (C=O) groups excluding carboxylic acids is 2. The minimum Gasteiger partial charge on any atom is -0.300 e. The summed E-state index contributed by atoms with van der Waals surface area (Å²) in [6, 6.07) is 5.31. The van der Waals surface area contributed by atoms with Crippen molar-refractivity contribution in [2.75, 3.05) is 0 Å². The highest BCUT2D eigenvalue weighted by molar-refractivity contribution is 9.11. The van der Waals surface area contributed by atoms with Gasteiger partial charge in [0.25, 0.3) is 0 Å². The number of hydrogen-bond acceptors (Lipinski definition) is 2. The highest BCUT2D eigenvalue weighted by atomic mass is 79.9. The van der Waals surface area contributed by atoms with Crippen LogP contribution in [0.15, 0.2) is 27.1 Å². The molecule has 74 valence electrons. The van der Waals surface area contributed by atoms with Crippen molar-refractivity contribution in [3.63, 3.8) is 0 Å². The number of carbonyl (C=O) groups is 2. The summed E-state index contributed by atoms with van der Waals surface area (Å²) in [4.78, 5) is 22.3. The molecule has 4 heteroatoms. The van der Waals surface area contributed by atoms with Gasteiger partial charge in [-0.05, 0) is 25.1 Å². The molecule has 0 saturated heterocycles. The van der Waals surface area contributed by atoms with Crippen molar-refractivity contribution >= 4 is 43.4 Å². The van der Waals surface area contributed by atoms with Gasteiger partial charge in [0, 0.05) is 14.5 Å². The van der Waals surface area contributed by atoms with Gasteiger partial charge >= 0.3 is 0 Å². The summed E-state index contributed by atoms with van der Waals surface area (Å²) >= 11 is 6.54. The quantitative estimate of drug-likeness (QED) is 0.632. The molecule has 0 saturated carbocycles. The molecule has 0 N–H and O–H groups in total. The van der Waals surface area contributed by atoms with Gasteiger partial charge in [-0.2, -0.15) is 0 Å². The second-order valence-corrected chi connectivity index (χ2v) is 4.70. The van der Waals surface area contributed by atoms with Gasteiger partial charge < -0.3 is 0 Å². The molecule has 0 aliphatic heterocycles. The lowest BCUT2D eigenvalue weighted by Crippen LogP contribution is -2.05. The van der Waals surface area contributed by atoms with E-state index in [2.05, 4.69) is 31.9 Å². The van der Waals surface area contributed by atoms with Gasteiger partial charge in [0.2, 0.25) is 0 Å². The molecule has 0 spiro atoms. The zero-order valence-corrected chi connectivity index (χ0v) is 10.7. The van der Waals surface area contributed by atoms with Crippen LogP contribution in [-0.2, 0) is 4.79 Å². The number of hydrogen-bond donors (Lipinski definition) is 0. The summed E-state index contributed by atoms with van der Waals surface area (Å²) in [5.41, 5.74) is 0.537. The first-order valence-corrected chi connectivity index (χ1v) is 5.57. The summed E-state index contributed by atoms with van der Waals surface area (Å²) in [5.74, 6) is -0.285. The highest BCUT2D eigenvalue weighted by Crippen LogP contribution is 2.22. The largest absolute Gasteiger partial charge is 0.300 e. The first-order chi connectivity index (χ1) is 6.50. The third-order valence-electron chi connectivity index (χ3n) is 1.64. The van der Waals surface area contributed by atoms with Crippen LogP contribution in [0.4, 0.5) is 0 Å². The van der Waals surface area contributed by atoms with Crippen molar-refractivity contribution in [1.82, 2.24) is 0 Å². The molecule has 0 radical (unpaired) electrons. The molecule has 0 unspecified atom stereocenters. The topological polar surface area (TPSA) is 34.1 Å². The summed E-state index contributed by atoms with van der Waals surface area (Å²) in [5, 5.41) is 0. The van der Waals surface area contributed by atoms with Crippen LogP contribution in [0.25, 0.3) is 0 Å². The predicted octanol–water partition coefficient (Wildman–Crippen LogP) is 3.37. The normalized spacial score (nSPS) is 9.93. The van der Waals surface area contributed by atoms with E-state index >= 15 is 0 Å². The molecule has 0 heterocycles. The van der Waals surface area contributed by atoms with Crippen molar-refractivity contribution in [1.29, 1.82) is 0 Å². The first kappa shape index (κ1) is 11.6. The molecule has 0 bridgehead atoms. The van der Waals surface area contributed by atoms with Crippen LogP contribution in [0.5, 0.6) is 0 Å². The molecule has 14 heavy (non-hydrogen) atoms. The molecule has 0 atom stereocenters. The molecule has 1 aromatic carbocycles. The van der Waals surface area contributed by atoms with Crippen molar-refractivity contribution in [3.05, 3.63) is 32.7 Å². The number of halogens is 2. The summed E-state index contributed by atoms with van der Waals surface area (Å²) < 4.78 is 1.54. The zero-order valence-electron chi connectivity index (χ0n) is 7.51. The number of Topliss-reactive ketones (excluding diaryl/α,β-unsaturated/α-hetero) is 2. The molecule has 1 aromatic rings. The van der Waals surface area contributed by atoms with Crippen molar-refractivity contribution in [2.24, 2.45) is 0 Å². The molecule has 0 aliphatic rings. The maximum absolute atomic E-state index is 11.6. The van der Waals surface area contributed by atoms with Crippen molar-refractivity contribution in [2.45, 2.75) is 13.3 Å². The van der Waals surface area contributed by atoms with Crippen LogP contribution in [0.2, 0.25) is 0 Å². The Morgan fingerprint density at radius 3 is 2.50 bits per heavy atom. The fraction of sp³-hybridized carbons (Fsp3) is 0.200. The third-order valence-corrected chi connectivity index (χ3v) is 2.82. The first-order valence-electron chi connectivity index (χ1n) is 3.98. The van der Waals surface area contributed by atoms with Gasteiger partial charge in [0.15, 0.2) is 5.78 Å². The highest BCUT2D eigenvalue weighted by Gasteiger charge is 2.12. The lowest BCUT2D eigenvalue weighted by molar-refractivity contribution is -0.116. The molecule has 0 fully saturated rings. The third kappa shape index (κ3) is 3.03. The van der Waals surface area contributed by atoms with Gasteiger partial charge in [-0.15, -0.1) is 0 Å². The molecule has 2 nitrogen and oxygen atoms in total. The summed E-state index contributed by atoms with van der Waals surface area (Å²) in [6.07, 6.45) is -0.0466. The van der Waals surface area contributed by atoms with Crippen LogP contribution in [0.3, 0.4) is 0 Å². The van der Waals surface area contributed by atoms with Crippen LogP contribution >= 0.6 is 31.9 Å². The van der Waals surface area contributed by atoms with E-state index in [4.69, 9.17) is 0 Å². The summed E-state index contributed by atoms with van der Waals surface area (Å²) in [7, 11) is 0. The predicted molar refractivity (Wildman–Crippen MR) is 61.5 cm³/mol. The molecular weight excluding hydrogens is 312 g/mol. The van der Waals surface area contributed by atoms with Gasteiger partial charge in [0.1, 0.15) is 5.78 Å². The zero-order chi connectivity index (χ0) is 10.7. The molecule has 0 aliphatic carbocycles. The van der Waals surface area contributed by atoms with Gasteiger partial charge in [0.05, 0.1) is 6.42 Å². The Morgan fingerprint density at radius 1 is 1.29 bits per heavy atom. The Bertz CT molecular complexity index is 386. The summed E-state index contributed by atoms with van der Waals surface area (Å²) in [6.45, 7) is 1.41. The van der Waals surface area contributed by atoms with E-state index < -0.39 is 0 Å². The van der Waals surface area contributed by atoms with E-state index in [1.807, 2.05) is 6.07 Å². The van der Waals surface area contributed by atoms with E-state index in [9.17, 15) is 9.59 Å². The van der Waals surface area contributed by atoms with Crippen LogP contribution in [-0.4, -0.2) is 11.6 Å². The standard InChI is InChI=1S/C10H8Br2O2/c1-6(13)4-10(14)8-5-7(11)2-3-9(8)12/h2-3,5H,4H2,1H3. The van der Waals surface area contributed by atoms with E-state index in [1.54, 1.807) is 12.1 Å². The van der Waals surface area contributed by atoms with Crippen LogP contribution in [0.1, 0.15) is 23.7 Å². The Labute approximate surface area is 98.9 Å². The maximum atomic E-state index is 11.6. The Balaban J connectivity index is 3.00. The van der Waals surface area contributed by atoms with Crippen molar-refractivity contribution < 1.29 is 9.59 Å². The fourth-order valence-corrected chi connectivity index (χ4v) is 1.86. The minimum absolute atomic E-state index is 0.0466. The Morgan fingerprint density at radius 2 is 1.93 bits per heavy atom. The molecule has 1 rings (SSSR count). The lowest BCUT2D eigenvalue weighted by Gasteiger charge is -2.02. The number of ketones is 2. The average Bonchev–Trinajstić information content (AvgIpc) is 2.08. The maximum Gasteiger partial charge on any atom is 0.171 e. The second-order valence-electron chi connectivity index (χ2n) is 2.93. The van der Waals surface area contributed by atoms with E-state index in [0.29, 0.717) is 10.0 Å². The monoisotopic (exact) mass is 318 g/mol. The Kier molecular flexibility index (Phi) is 4.01. The molecule has 0 amide bonds. The number of benzene rings is 1. The average molecular weight is 320 g/mol. The van der Waals surface area contributed by atoms with E-state index in [-0.39, 0.29) is 18.0 Å².